The summed E-state index contributed by atoms with van der Waals surface area (Å²) in [6.45, 7) is 4.78. The van der Waals surface area contributed by atoms with Crippen molar-refractivity contribution in [1.29, 1.82) is 0 Å². The number of rotatable bonds is 5. The number of nitrogens with zero attached hydrogens (tertiary/aromatic N) is 1. The maximum atomic E-state index is 13.1. The maximum absolute atomic E-state index is 13.1. The summed E-state index contributed by atoms with van der Waals surface area (Å²) in [6, 6.07) is 15.8. The number of nitrogens with one attached hydrogen (secondary N) is 1. The Morgan fingerprint density at radius 3 is 2.64 bits per heavy atom. The second-order valence-electron chi connectivity index (χ2n) is 6.60. The highest BCUT2D eigenvalue weighted by molar-refractivity contribution is 5.98. The molecule has 1 aliphatic rings. The molecule has 0 saturated heterocycles. The zero-order valence-corrected chi connectivity index (χ0v) is 14.8. The molecular weight excluding hydrogens is 312 g/mol. The third kappa shape index (κ3) is 3.90. The van der Waals surface area contributed by atoms with E-state index in [-0.39, 0.29) is 17.9 Å². The molecule has 1 unspecified atom stereocenters. The monoisotopic (exact) mass is 336 g/mol. The summed E-state index contributed by atoms with van der Waals surface area (Å²) < 4.78 is 0. The van der Waals surface area contributed by atoms with Crippen LogP contribution in [-0.4, -0.2) is 22.8 Å². The van der Waals surface area contributed by atoms with E-state index in [1.54, 1.807) is 0 Å². The highest BCUT2D eigenvalue weighted by Crippen LogP contribution is 2.25. The van der Waals surface area contributed by atoms with E-state index >= 15 is 0 Å². The average Bonchev–Trinajstić information content (AvgIpc) is 2.65. The number of anilines is 1. The summed E-state index contributed by atoms with van der Waals surface area (Å²) in [5.74, 6) is 0.0785. The Balaban J connectivity index is 1.86. The molecule has 0 aliphatic carbocycles. The quantitative estimate of drug-likeness (QED) is 0.897. The molecule has 3 rings (SSSR count). The van der Waals surface area contributed by atoms with Gasteiger partial charge in [-0.2, -0.15) is 0 Å². The molecule has 0 aromatic heterocycles. The van der Waals surface area contributed by atoms with Gasteiger partial charge in [-0.3, -0.25) is 9.59 Å². The van der Waals surface area contributed by atoms with Crippen molar-refractivity contribution < 1.29 is 9.59 Å². The first-order valence-corrected chi connectivity index (χ1v) is 8.86. The molecule has 4 heteroatoms. The van der Waals surface area contributed by atoms with E-state index in [1.165, 1.54) is 0 Å². The van der Waals surface area contributed by atoms with Crippen LogP contribution in [0, 0.1) is 0 Å². The summed E-state index contributed by atoms with van der Waals surface area (Å²) in [4.78, 5) is 26.6. The second-order valence-corrected chi connectivity index (χ2v) is 6.60. The van der Waals surface area contributed by atoms with Gasteiger partial charge >= 0.3 is 0 Å². The van der Waals surface area contributed by atoms with Crippen LogP contribution in [0.2, 0.25) is 0 Å². The predicted octanol–water partition coefficient (Wildman–Crippen LogP) is 4.01. The van der Waals surface area contributed by atoms with Crippen LogP contribution in [0.4, 0.5) is 5.69 Å². The van der Waals surface area contributed by atoms with E-state index in [1.807, 2.05) is 53.4 Å². The van der Waals surface area contributed by atoms with Crippen LogP contribution < -0.4 is 5.32 Å². The second kappa shape index (κ2) is 7.51. The van der Waals surface area contributed by atoms with Crippen molar-refractivity contribution in [1.82, 2.24) is 4.90 Å². The first-order valence-electron chi connectivity index (χ1n) is 8.86. The number of hydrogen-bond acceptors (Lipinski definition) is 2. The minimum atomic E-state index is 0.0388. The summed E-state index contributed by atoms with van der Waals surface area (Å²) in [5, 5.41) is 2.87. The third-order valence-electron chi connectivity index (χ3n) is 4.83. The molecule has 1 atom stereocenters. The minimum absolute atomic E-state index is 0.0388. The van der Waals surface area contributed by atoms with E-state index in [0.29, 0.717) is 24.9 Å². The summed E-state index contributed by atoms with van der Waals surface area (Å²) in [5.41, 5.74) is 3.67. The Labute approximate surface area is 148 Å². The molecule has 1 N–H and O–H groups in total. The first-order chi connectivity index (χ1) is 12.1. The molecular formula is C21H24N2O2. The highest BCUT2D eigenvalue weighted by atomic mass is 16.2. The van der Waals surface area contributed by atoms with Gasteiger partial charge in [0.25, 0.3) is 5.91 Å². The average molecular weight is 336 g/mol. The molecule has 0 fully saturated rings. The number of carbonyl (C=O) groups excluding carboxylic acids is 2. The molecule has 0 radical (unpaired) electrons. The fraction of sp³-hybridized carbons (Fsp3) is 0.333. The summed E-state index contributed by atoms with van der Waals surface area (Å²) in [7, 11) is 0. The summed E-state index contributed by atoms with van der Waals surface area (Å²) in [6.07, 6.45) is 2.06. The molecule has 0 saturated carbocycles. The first kappa shape index (κ1) is 17.2. The van der Waals surface area contributed by atoms with Gasteiger partial charge in [0.15, 0.2) is 0 Å². The van der Waals surface area contributed by atoms with E-state index in [4.69, 9.17) is 0 Å². The predicted molar refractivity (Wildman–Crippen MR) is 99.5 cm³/mol. The molecule has 2 aromatic rings. The van der Waals surface area contributed by atoms with E-state index < -0.39 is 0 Å². The molecule has 1 aliphatic heterocycles. The topological polar surface area (TPSA) is 49.4 Å². The number of benzene rings is 2. The van der Waals surface area contributed by atoms with Gasteiger partial charge in [0.2, 0.25) is 5.91 Å². The third-order valence-corrected chi connectivity index (χ3v) is 4.83. The molecule has 130 valence electrons. The van der Waals surface area contributed by atoms with Crippen molar-refractivity contribution in [3.05, 3.63) is 65.2 Å². The zero-order chi connectivity index (χ0) is 17.8. The van der Waals surface area contributed by atoms with Crippen molar-refractivity contribution in [2.45, 2.75) is 45.7 Å². The van der Waals surface area contributed by atoms with Crippen LogP contribution in [0.25, 0.3) is 0 Å². The lowest BCUT2D eigenvalue weighted by Gasteiger charge is -2.29. The fourth-order valence-corrected chi connectivity index (χ4v) is 3.11. The molecule has 0 bridgehead atoms. The van der Waals surface area contributed by atoms with Crippen LogP contribution in [0.15, 0.2) is 48.5 Å². The normalized spacial score (nSPS) is 14.4. The van der Waals surface area contributed by atoms with Crippen molar-refractivity contribution in [2.24, 2.45) is 0 Å². The van der Waals surface area contributed by atoms with Gasteiger partial charge in [0, 0.05) is 30.3 Å². The van der Waals surface area contributed by atoms with Gasteiger partial charge in [0.05, 0.1) is 0 Å². The van der Waals surface area contributed by atoms with Crippen LogP contribution >= 0.6 is 0 Å². The number of fused-ring (bicyclic) bond motifs is 1. The SMILES string of the molecule is CCC(C)N(Cc1ccccc1)C(=O)c1ccc2c(c1)CCC(=O)N2. The number of hydrogen-bond donors (Lipinski definition) is 1. The maximum Gasteiger partial charge on any atom is 0.254 e. The largest absolute Gasteiger partial charge is 0.332 e. The van der Waals surface area contributed by atoms with Crippen molar-refractivity contribution in [3.63, 3.8) is 0 Å². The lowest BCUT2D eigenvalue weighted by atomic mass is 9.99. The van der Waals surface area contributed by atoms with Gasteiger partial charge in [-0.1, -0.05) is 37.3 Å². The van der Waals surface area contributed by atoms with Gasteiger partial charge in [-0.05, 0) is 49.1 Å². The fourth-order valence-electron chi connectivity index (χ4n) is 3.11. The van der Waals surface area contributed by atoms with Crippen molar-refractivity contribution >= 4 is 17.5 Å². The van der Waals surface area contributed by atoms with E-state index in [0.717, 1.165) is 23.2 Å². The van der Waals surface area contributed by atoms with Crippen LogP contribution in [0.1, 0.15) is 48.2 Å². The Bertz CT molecular complexity index is 771. The number of aryl methyl sites for hydroxylation is 1. The van der Waals surface area contributed by atoms with Gasteiger partial charge in [-0.15, -0.1) is 0 Å². The van der Waals surface area contributed by atoms with Gasteiger partial charge in [-0.25, -0.2) is 0 Å². The summed E-state index contributed by atoms with van der Waals surface area (Å²) >= 11 is 0. The van der Waals surface area contributed by atoms with Crippen molar-refractivity contribution in [3.8, 4) is 0 Å². The van der Waals surface area contributed by atoms with E-state index in [9.17, 15) is 9.59 Å². The lowest BCUT2D eigenvalue weighted by Crippen LogP contribution is -2.38. The van der Waals surface area contributed by atoms with E-state index in [2.05, 4.69) is 19.2 Å². The van der Waals surface area contributed by atoms with Gasteiger partial charge < -0.3 is 10.2 Å². The Kier molecular flexibility index (Phi) is 5.17. The number of carbonyl (C=O) groups is 2. The number of amides is 2. The standard InChI is InChI=1S/C21H24N2O2/c1-3-15(2)23(14-16-7-5-4-6-8-16)21(25)18-9-11-19-17(13-18)10-12-20(24)22-19/h4-9,11,13,15H,3,10,12,14H2,1-2H3,(H,22,24). The van der Waals surface area contributed by atoms with Crippen LogP contribution in [-0.2, 0) is 17.8 Å². The Morgan fingerprint density at radius 1 is 1.16 bits per heavy atom. The Hall–Kier alpha value is -2.62. The molecule has 2 amide bonds. The van der Waals surface area contributed by atoms with Gasteiger partial charge in [0.1, 0.15) is 0 Å². The lowest BCUT2D eigenvalue weighted by molar-refractivity contribution is -0.116. The zero-order valence-electron chi connectivity index (χ0n) is 14.8. The molecule has 0 spiro atoms. The highest BCUT2D eigenvalue weighted by Gasteiger charge is 2.23. The Morgan fingerprint density at radius 2 is 1.92 bits per heavy atom. The molecule has 25 heavy (non-hydrogen) atoms. The minimum Gasteiger partial charge on any atom is -0.332 e. The van der Waals surface area contributed by atoms with Crippen LogP contribution in [0.5, 0.6) is 0 Å². The molecule has 4 nitrogen and oxygen atoms in total. The smallest absolute Gasteiger partial charge is 0.254 e. The van der Waals surface area contributed by atoms with Crippen LogP contribution in [0.3, 0.4) is 0 Å². The molecule has 1 heterocycles. The molecule has 2 aromatic carbocycles. The van der Waals surface area contributed by atoms with Crippen molar-refractivity contribution in [2.75, 3.05) is 5.32 Å².